The summed E-state index contributed by atoms with van der Waals surface area (Å²) in [6.45, 7) is 7.13. The Kier molecular flexibility index (Phi) is 4.46. The molecule has 1 aliphatic carbocycles. The summed E-state index contributed by atoms with van der Waals surface area (Å²) in [5, 5.41) is 3.72. The van der Waals surface area contributed by atoms with Gasteiger partial charge in [0, 0.05) is 24.7 Å². The van der Waals surface area contributed by atoms with Gasteiger partial charge in [0.15, 0.2) is 0 Å². The lowest BCUT2D eigenvalue weighted by Crippen LogP contribution is -2.43. The zero-order valence-corrected chi connectivity index (χ0v) is 11.0. The van der Waals surface area contributed by atoms with Crippen LogP contribution in [0.3, 0.4) is 0 Å². The standard InChI is InChI=1S/C13H21ClN2O/c1-10(14)8-16-6-2-3-12(9-16)13(17)15-7-11-4-5-11/h11-12H,1-9H2,(H,15,17). The minimum Gasteiger partial charge on any atom is -0.356 e. The predicted octanol–water partition coefficient (Wildman–Crippen LogP) is 1.98. The number of halogens is 1. The molecule has 17 heavy (non-hydrogen) atoms. The van der Waals surface area contributed by atoms with Crippen LogP contribution in [0.4, 0.5) is 0 Å². The van der Waals surface area contributed by atoms with Crippen LogP contribution in [0.15, 0.2) is 11.6 Å². The van der Waals surface area contributed by atoms with E-state index in [4.69, 9.17) is 11.6 Å². The van der Waals surface area contributed by atoms with Crippen LogP contribution in [0.2, 0.25) is 0 Å². The van der Waals surface area contributed by atoms with Crippen LogP contribution in [0.25, 0.3) is 0 Å². The van der Waals surface area contributed by atoms with Gasteiger partial charge in [0.25, 0.3) is 0 Å². The van der Waals surface area contributed by atoms with Gasteiger partial charge in [-0.05, 0) is 38.1 Å². The molecule has 1 saturated carbocycles. The molecule has 3 nitrogen and oxygen atoms in total. The highest BCUT2D eigenvalue weighted by Crippen LogP contribution is 2.28. The van der Waals surface area contributed by atoms with Crippen molar-refractivity contribution in [2.45, 2.75) is 25.7 Å². The third-order valence-corrected chi connectivity index (χ3v) is 3.65. The fourth-order valence-corrected chi connectivity index (χ4v) is 2.54. The number of nitrogens with zero attached hydrogens (tertiary/aromatic N) is 1. The summed E-state index contributed by atoms with van der Waals surface area (Å²) < 4.78 is 0. The molecule has 0 spiro atoms. The lowest BCUT2D eigenvalue weighted by molar-refractivity contribution is -0.126. The molecule has 1 aliphatic heterocycles. The van der Waals surface area contributed by atoms with Gasteiger partial charge in [-0.25, -0.2) is 0 Å². The van der Waals surface area contributed by atoms with Gasteiger partial charge in [0.2, 0.25) is 5.91 Å². The van der Waals surface area contributed by atoms with Crippen LogP contribution in [0.5, 0.6) is 0 Å². The number of carbonyl (C=O) groups is 1. The fourth-order valence-electron chi connectivity index (χ4n) is 2.37. The van der Waals surface area contributed by atoms with Gasteiger partial charge in [0.1, 0.15) is 0 Å². The molecule has 1 atom stereocenters. The number of rotatable bonds is 5. The van der Waals surface area contributed by atoms with Crippen molar-refractivity contribution in [2.24, 2.45) is 11.8 Å². The molecule has 2 fully saturated rings. The lowest BCUT2D eigenvalue weighted by atomic mass is 9.97. The molecular formula is C13H21ClN2O. The summed E-state index contributed by atoms with van der Waals surface area (Å²) >= 11 is 5.81. The minimum absolute atomic E-state index is 0.138. The maximum Gasteiger partial charge on any atom is 0.224 e. The summed E-state index contributed by atoms with van der Waals surface area (Å²) in [5.41, 5.74) is 0. The van der Waals surface area contributed by atoms with E-state index in [0.29, 0.717) is 11.6 Å². The van der Waals surface area contributed by atoms with Crippen molar-refractivity contribution in [2.75, 3.05) is 26.2 Å². The van der Waals surface area contributed by atoms with Gasteiger partial charge in [-0.2, -0.15) is 0 Å². The molecule has 2 rings (SSSR count). The number of hydrogen-bond acceptors (Lipinski definition) is 2. The van der Waals surface area contributed by atoms with E-state index in [1.165, 1.54) is 12.8 Å². The largest absolute Gasteiger partial charge is 0.356 e. The average molecular weight is 257 g/mol. The summed E-state index contributed by atoms with van der Waals surface area (Å²) in [7, 11) is 0. The minimum atomic E-state index is 0.138. The van der Waals surface area contributed by atoms with Gasteiger partial charge in [-0.1, -0.05) is 18.2 Å². The van der Waals surface area contributed by atoms with Crippen LogP contribution >= 0.6 is 11.6 Å². The van der Waals surface area contributed by atoms with Crippen LogP contribution < -0.4 is 5.32 Å². The van der Waals surface area contributed by atoms with Crippen LogP contribution in [-0.4, -0.2) is 37.0 Å². The smallest absolute Gasteiger partial charge is 0.224 e. The monoisotopic (exact) mass is 256 g/mol. The van der Waals surface area contributed by atoms with Crippen molar-refractivity contribution >= 4 is 17.5 Å². The van der Waals surface area contributed by atoms with Crippen molar-refractivity contribution in [3.05, 3.63) is 11.6 Å². The topological polar surface area (TPSA) is 32.3 Å². The van der Waals surface area contributed by atoms with Gasteiger partial charge < -0.3 is 5.32 Å². The third-order valence-electron chi connectivity index (χ3n) is 3.53. The first-order valence-corrected chi connectivity index (χ1v) is 6.86. The van der Waals surface area contributed by atoms with E-state index in [-0.39, 0.29) is 11.8 Å². The second kappa shape index (κ2) is 5.87. The number of carbonyl (C=O) groups excluding carboxylic acids is 1. The molecule has 1 saturated heterocycles. The first-order chi connectivity index (χ1) is 8.15. The third kappa shape index (κ3) is 4.32. The van der Waals surface area contributed by atoms with E-state index >= 15 is 0 Å². The number of nitrogens with one attached hydrogen (secondary N) is 1. The number of amides is 1. The highest BCUT2D eigenvalue weighted by atomic mass is 35.5. The number of likely N-dealkylation sites (tertiary alicyclic amines) is 1. The molecule has 1 heterocycles. The Balaban J connectivity index is 1.74. The fraction of sp³-hybridized carbons (Fsp3) is 0.769. The zero-order valence-electron chi connectivity index (χ0n) is 10.3. The van der Waals surface area contributed by atoms with Crippen molar-refractivity contribution in [1.82, 2.24) is 10.2 Å². The average Bonchev–Trinajstić information content (AvgIpc) is 3.09. The molecule has 0 aromatic carbocycles. The molecule has 4 heteroatoms. The zero-order chi connectivity index (χ0) is 12.3. The normalized spacial score (nSPS) is 25.6. The molecule has 96 valence electrons. The van der Waals surface area contributed by atoms with E-state index in [9.17, 15) is 4.79 Å². The Morgan fingerprint density at radius 1 is 1.41 bits per heavy atom. The van der Waals surface area contributed by atoms with Crippen molar-refractivity contribution in [3.8, 4) is 0 Å². The number of piperidine rings is 1. The van der Waals surface area contributed by atoms with Crippen molar-refractivity contribution < 1.29 is 4.79 Å². The van der Waals surface area contributed by atoms with E-state index < -0.39 is 0 Å². The predicted molar refractivity (Wildman–Crippen MR) is 69.9 cm³/mol. The Morgan fingerprint density at radius 3 is 2.82 bits per heavy atom. The maximum absolute atomic E-state index is 12.0. The summed E-state index contributed by atoms with van der Waals surface area (Å²) in [4.78, 5) is 14.2. The summed E-state index contributed by atoms with van der Waals surface area (Å²) in [5.74, 6) is 1.11. The maximum atomic E-state index is 12.0. The van der Waals surface area contributed by atoms with Crippen molar-refractivity contribution in [3.63, 3.8) is 0 Å². The second-order valence-corrected chi connectivity index (χ2v) is 5.81. The van der Waals surface area contributed by atoms with Gasteiger partial charge in [-0.3, -0.25) is 9.69 Å². The Labute approximate surface area is 108 Å². The Morgan fingerprint density at radius 2 is 2.18 bits per heavy atom. The summed E-state index contributed by atoms with van der Waals surface area (Å²) in [6.07, 6.45) is 4.64. The van der Waals surface area contributed by atoms with E-state index in [0.717, 1.165) is 38.4 Å². The molecule has 1 amide bonds. The first-order valence-electron chi connectivity index (χ1n) is 6.48. The molecule has 0 aromatic rings. The first kappa shape index (κ1) is 12.9. The van der Waals surface area contributed by atoms with E-state index in [2.05, 4.69) is 16.8 Å². The highest BCUT2D eigenvalue weighted by Gasteiger charge is 2.27. The molecular weight excluding hydrogens is 236 g/mol. The molecule has 0 radical (unpaired) electrons. The lowest BCUT2D eigenvalue weighted by Gasteiger charge is -2.31. The highest BCUT2D eigenvalue weighted by molar-refractivity contribution is 6.29. The van der Waals surface area contributed by atoms with Crippen molar-refractivity contribution in [1.29, 1.82) is 0 Å². The SMILES string of the molecule is C=C(Cl)CN1CCCC(C(=O)NCC2CC2)C1. The Hall–Kier alpha value is -0.540. The Bertz CT molecular complexity index is 302. The van der Waals surface area contributed by atoms with E-state index in [1.54, 1.807) is 0 Å². The molecule has 1 unspecified atom stereocenters. The molecule has 2 aliphatic rings. The van der Waals surface area contributed by atoms with Crippen LogP contribution in [0, 0.1) is 11.8 Å². The molecule has 0 aromatic heterocycles. The van der Waals surface area contributed by atoms with Crippen LogP contribution in [-0.2, 0) is 4.79 Å². The second-order valence-electron chi connectivity index (χ2n) is 5.28. The van der Waals surface area contributed by atoms with Crippen LogP contribution in [0.1, 0.15) is 25.7 Å². The van der Waals surface area contributed by atoms with Gasteiger partial charge >= 0.3 is 0 Å². The summed E-state index contributed by atoms with van der Waals surface area (Å²) in [6, 6.07) is 0. The molecule has 1 N–H and O–H groups in total. The van der Waals surface area contributed by atoms with E-state index in [1.807, 2.05) is 0 Å². The van der Waals surface area contributed by atoms with Gasteiger partial charge in [0.05, 0.1) is 5.92 Å². The number of hydrogen-bond donors (Lipinski definition) is 1. The van der Waals surface area contributed by atoms with Gasteiger partial charge in [-0.15, -0.1) is 0 Å². The molecule has 0 bridgehead atoms. The quantitative estimate of drug-likeness (QED) is 0.816.